The van der Waals surface area contributed by atoms with Gasteiger partial charge in [-0.1, -0.05) is 35.5 Å². The number of carbonyl (C=O) groups excluding carboxylic acids is 1. The molecule has 32 heavy (non-hydrogen) atoms. The van der Waals surface area contributed by atoms with Gasteiger partial charge in [0.15, 0.2) is 22.5 Å². The molecule has 1 amide bonds. The van der Waals surface area contributed by atoms with Gasteiger partial charge in [-0.25, -0.2) is 0 Å². The van der Waals surface area contributed by atoms with Crippen LogP contribution in [0.1, 0.15) is 35.0 Å². The minimum atomic E-state index is -0.0714. The molecule has 0 fully saturated rings. The number of rotatable bonds is 9. The van der Waals surface area contributed by atoms with Crippen LogP contribution in [-0.2, 0) is 17.9 Å². The third-order valence-corrected chi connectivity index (χ3v) is 6.03. The van der Waals surface area contributed by atoms with Gasteiger partial charge < -0.3 is 19.4 Å². The third kappa shape index (κ3) is 5.62. The second kappa shape index (κ2) is 10.5. The van der Waals surface area contributed by atoms with Crippen LogP contribution in [0.3, 0.4) is 0 Å². The molecular weight excluding hydrogens is 424 g/mol. The van der Waals surface area contributed by atoms with Crippen molar-refractivity contribution in [2.24, 2.45) is 0 Å². The first-order valence-corrected chi connectivity index (χ1v) is 11.5. The highest BCUT2D eigenvalue weighted by Gasteiger charge is 2.16. The summed E-state index contributed by atoms with van der Waals surface area (Å²) in [5.41, 5.74) is 5.27. The fraction of sp³-hybridized carbons (Fsp3) is 0.375. The summed E-state index contributed by atoms with van der Waals surface area (Å²) < 4.78 is 13.3. The molecule has 1 N–H and O–H groups in total. The van der Waals surface area contributed by atoms with Gasteiger partial charge in [-0.15, -0.1) is 10.2 Å². The minimum absolute atomic E-state index is 0.0714. The summed E-state index contributed by atoms with van der Waals surface area (Å²) in [6.07, 6.45) is 0. The van der Waals surface area contributed by atoms with Gasteiger partial charge in [-0.05, 0) is 63.4 Å². The lowest BCUT2D eigenvalue weighted by molar-refractivity contribution is -0.113. The molecule has 0 radical (unpaired) electrons. The number of amides is 1. The second-order valence-electron chi connectivity index (χ2n) is 7.70. The topological polar surface area (TPSA) is 78.3 Å². The van der Waals surface area contributed by atoms with Crippen LogP contribution in [0.15, 0.2) is 35.5 Å². The maximum Gasteiger partial charge on any atom is 0.234 e. The predicted octanol–water partition coefficient (Wildman–Crippen LogP) is 4.85. The van der Waals surface area contributed by atoms with E-state index in [4.69, 9.17) is 9.47 Å². The number of nitrogens with one attached hydrogen (secondary N) is 1. The zero-order valence-electron chi connectivity index (χ0n) is 19.5. The number of hydrogen-bond donors (Lipinski definition) is 1. The number of aromatic nitrogens is 3. The number of anilines is 1. The molecule has 1 heterocycles. The Kier molecular flexibility index (Phi) is 7.80. The summed E-state index contributed by atoms with van der Waals surface area (Å²) in [7, 11) is 1.62. The van der Waals surface area contributed by atoms with Gasteiger partial charge in [0, 0.05) is 12.2 Å². The Balaban J connectivity index is 1.63. The number of carbonyl (C=O) groups is 1. The van der Waals surface area contributed by atoms with Crippen LogP contribution in [0.2, 0.25) is 0 Å². The van der Waals surface area contributed by atoms with Gasteiger partial charge in [0.25, 0.3) is 0 Å². The Morgan fingerprint density at radius 1 is 1.03 bits per heavy atom. The number of hydrogen-bond acceptors (Lipinski definition) is 6. The van der Waals surface area contributed by atoms with E-state index in [-0.39, 0.29) is 18.3 Å². The van der Waals surface area contributed by atoms with Gasteiger partial charge in [-0.3, -0.25) is 4.79 Å². The molecule has 0 bridgehead atoms. The lowest BCUT2D eigenvalue weighted by Gasteiger charge is -2.13. The number of methoxy groups -OCH3 is 1. The van der Waals surface area contributed by atoms with Crippen molar-refractivity contribution in [3.8, 4) is 11.5 Å². The van der Waals surface area contributed by atoms with E-state index in [9.17, 15) is 4.79 Å². The second-order valence-corrected chi connectivity index (χ2v) is 8.64. The smallest absolute Gasteiger partial charge is 0.234 e. The van der Waals surface area contributed by atoms with Crippen molar-refractivity contribution in [1.29, 1.82) is 0 Å². The van der Waals surface area contributed by atoms with E-state index in [1.54, 1.807) is 7.11 Å². The van der Waals surface area contributed by atoms with Gasteiger partial charge in [-0.2, -0.15) is 0 Å². The molecule has 0 atom stereocenters. The van der Waals surface area contributed by atoms with Crippen molar-refractivity contribution in [3.05, 3.63) is 58.4 Å². The van der Waals surface area contributed by atoms with Crippen molar-refractivity contribution >= 4 is 23.4 Å². The zero-order valence-corrected chi connectivity index (χ0v) is 20.3. The molecule has 3 rings (SSSR count). The molecule has 0 aliphatic carbocycles. The van der Waals surface area contributed by atoms with Crippen LogP contribution >= 0.6 is 11.8 Å². The highest BCUT2D eigenvalue weighted by molar-refractivity contribution is 7.99. The van der Waals surface area contributed by atoms with E-state index in [0.29, 0.717) is 29.0 Å². The molecule has 0 aliphatic heterocycles. The highest BCUT2D eigenvalue weighted by Crippen LogP contribution is 2.29. The van der Waals surface area contributed by atoms with E-state index < -0.39 is 0 Å². The quantitative estimate of drug-likeness (QED) is 0.466. The molecule has 7 nitrogen and oxygen atoms in total. The van der Waals surface area contributed by atoms with Crippen molar-refractivity contribution in [2.45, 2.75) is 52.9 Å². The van der Waals surface area contributed by atoms with Crippen LogP contribution in [-0.4, -0.2) is 33.5 Å². The van der Waals surface area contributed by atoms with E-state index >= 15 is 0 Å². The van der Waals surface area contributed by atoms with E-state index in [2.05, 4.69) is 34.6 Å². The van der Waals surface area contributed by atoms with Crippen LogP contribution in [0, 0.1) is 27.7 Å². The zero-order chi connectivity index (χ0) is 23.3. The third-order valence-electron chi connectivity index (χ3n) is 5.06. The average molecular weight is 455 g/mol. The fourth-order valence-electron chi connectivity index (χ4n) is 3.57. The largest absolute Gasteiger partial charge is 0.493 e. The number of benzene rings is 2. The lowest BCUT2D eigenvalue weighted by Crippen LogP contribution is -2.16. The molecular formula is C24H30N4O3S. The van der Waals surface area contributed by atoms with Crippen molar-refractivity contribution in [2.75, 3.05) is 18.2 Å². The van der Waals surface area contributed by atoms with Crippen LogP contribution in [0.25, 0.3) is 0 Å². The first-order chi connectivity index (χ1) is 15.3. The lowest BCUT2D eigenvalue weighted by atomic mass is 10.1. The maximum atomic E-state index is 12.6. The predicted molar refractivity (Wildman–Crippen MR) is 128 cm³/mol. The summed E-state index contributed by atoms with van der Waals surface area (Å²) in [5.74, 6) is 2.21. The first-order valence-electron chi connectivity index (χ1n) is 10.5. The highest BCUT2D eigenvalue weighted by atomic mass is 32.2. The van der Waals surface area contributed by atoms with Crippen LogP contribution in [0.4, 0.5) is 5.69 Å². The molecule has 3 aromatic rings. The number of nitrogens with zero attached hydrogens (tertiary/aromatic N) is 3. The Labute approximate surface area is 193 Å². The SMILES string of the molecule is CCn1c(COc2ccc(C)cc2OC)nnc1SCC(=O)Nc1c(C)cc(C)cc1C. The van der Waals surface area contributed by atoms with Gasteiger partial charge >= 0.3 is 0 Å². The maximum absolute atomic E-state index is 12.6. The number of thioether (sulfide) groups is 1. The van der Waals surface area contributed by atoms with Crippen molar-refractivity contribution < 1.29 is 14.3 Å². The van der Waals surface area contributed by atoms with Gasteiger partial charge in [0.2, 0.25) is 5.91 Å². The van der Waals surface area contributed by atoms with E-state index in [1.165, 1.54) is 17.3 Å². The number of ether oxygens (including phenoxy) is 2. The fourth-order valence-corrected chi connectivity index (χ4v) is 4.39. The van der Waals surface area contributed by atoms with Crippen LogP contribution in [0.5, 0.6) is 11.5 Å². The normalized spacial score (nSPS) is 10.8. The Bertz CT molecular complexity index is 1090. The molecule has 2 aromatic carbocycles. The molecule has 0 unspecified atom stereocenters. The molecule has 1 aromatic heterocycles. The molecule has 0 spiro atoms. The van der Waals surface area contributed by atoms with Crippen molar-refractivity contribution in [1.82, 2.24) is 14.8 Å². The molecule has 0 aliphatic rings. The summed E-state index contributed by atoms with van der Waals surface area (Å²) in [6, 6.07) is 9.92. The Morgan fingerprint density at radius 3 is 2.41 bits per heavy atom. The van der Waals surface area contributed by atoms with E-state index in [1.807, 2.05) is 50.5 Å². The Hall–Kier alpha value is -3.00. The van der Waals surface area contributed by atoms with Crippen LogP contribution < -0.4 is 14.8 Å². The van der Waals surface area contributed by atoms with Gasteiger partial charge in [0.05, 0.1) is 12.9 Å². The first kappa shape index (κ1) is 23.7. The van der Waals surface area contributed by atoms with Crippen molar-refractivity contribution in [3.63, 3.8) is 0 Å². The molecule has 0 saturated carbocycles. The summed E-state index contributed by atoms with van der Waals surface area (Å²) in [4.78, 5) is 12.6. The number of aryl methyl sites for hydroxylation is 4. The molecule has 8 heteroatoms. The molecule has 170 valence electrons. The average Bonchev–Trinajstić information content (AvgIpc) is 3.15. The summed E-state index contributed by atoms with van der Waals surface area (Å²) in [5, 5.41) is 12.3. The van der Waals surface area contributed by atoms with Gasteiger partial charge in [0.1, 0.15) is 6.61 Å². The summed E-state index contributed by atoms with van der Waals surface area (Å²) in [6.45, 7) is 11.0. The van der Waals surface area contributed by atoms with E-state index in [0.717, 1.165) is 22.4 Å². The molecule has 0 saturated heterocycles. The summed E-state index contributed by atoms with van der Waals surface area (Å²) >= 11 is 1.36. The Morgan fingerprint density at radius 2 is 1.75 bits per heavy atom. The standard InChI is InChI=1S/C24H30N4O3S/c1-7-28-21(13-31-19-9-8-15(2)12-20(19)30-6)26-27-24(28)32-14-22(29)25-23-17(4)10-16(3)11-18(23)5/h8-12H,7,13-14H2,1-6H3,(H,25,29). The monoisotopic (exact) mass is 454 g/mol. The minimum Gasteiger partial charge on any atom is -0.493 e.